The lowest BCUT2D eigenvalue weighted by Crippen LogP contribution is -2.56. The Bertz CT molecular complexity index is 611. The van der Waals surface area contributed by atoms with Gasteiger partial charge < -0.3 is 19.9 Å². The molecule has 0 aromatic carbocycles. The first-order valence-electron chi connectivity index (χ1n) is 10.3. The zero-order valence-corrected chi connectivity index (χ0v) is 16.1. The molecule has 4 amide bonds. The van der Waals surface area contributed by atoms with Crippen LogP contribution in [0.4, 0.5) is 4.79 Å². The molecule has 8 nitrogen and oxygen atoms in total. The fraction of sp³-hybridized carbons (Fsp3) is 0.842. The summed E-state index contributed by atoms with van der Waals surface area (Å²) in [6, 6.07) is -0.526. The van der Waals surface area contributed by atoms with Crippen LogP contribution in [0, 0.1) is 0 Å². The third-order valence-electron chi connectivity index (χ3n) is 6.63. The number of imide groups is 1. The number of nitrogens with zero attached hydrogens (tertiary/aromatic N) is 3. The molecule has 4 heterocycles. The normalized spacial score (nSPS) is 31.6. The Morgan fingerprint density at radius 3 is 2.63 bits per heavy atom. The number of rotatable bonds is 3. The minimum Gasteiger partial charge on any atom is -0.368 e. The predicted octanol–water partition coefficient (Wildman–Crippen LogP) is 0.563. The van der Waals surface area contributed by atoms with E-state index in [2.05, 4.69) is 17.1 Å². The number of amides is 4. The summed E-state index contributed by atoms with van der Waals surface area (Å²) in [4.78, 5) is 44.1. The summed E-state index contributed by atoms with van der Waals surface area (Å²) in [5.41, 5.74) is -0.746. The highest BCUT2D eigenvalue weighted by Gasteiger charge is 2.54. The molecule has 8 heteroatoms. The van der Waals surface area contributed by atoms with E-state index in [4.69, 9.17) is 4.74 Å². The van der Waals surface area contributed by atoms with Gasteiger partial charge in [0.15, 0.2) is 0 Å². The molecule has 4 saturated heterocycles. The van der Waals surface area contributed by atoms with Gasteiger partial charge in [0.1, 0.15) is 11.6 Å². The molecule has 150 valence electrons. The third-order valence-corrected chi connectivity index (χ3v) is 6.63. The first-order chi connectivity index (χ1) is 13.0. The minimum absolute atomic E-state index is 0.00946. The van der Waals surface area contributed by atoms with Crippen LogP contribution in [0.25, 0.3) is 0 Å². The molecule has 0 bridgehead atoms. The number of likely N-dealkylation sites (tertiary alicyclic amines) is 2. The van der Waals surface area contributed by atoms with Crippen LogP contribution in [0.5, 0.6) is 0 Å². The summed E-state index contributed by atoms with van der Waals surface area (Å²) in [5.74, 6) is -0.0881. The van der Waals surface area contributed by atoms with E-state index in [1.165, 1.54) is 4.90 Å². The average molecular weight is 378 g/mol. The smallest absolute Gasteiger partial charge is 0.325 e. The van der Waals surface area contributed by atoms with Crippen molar-refractivity contribution in [2.75, 3.05) is 39.3 Å². The highest BCUT2D eigenvalue weighted by molar-refractivity contribution is 6.07. The first-order valence-corrected chi connectivity index (χ1v) is 10.3. The number of carbonyl (C=O) groups excluding carboxylic acids is 3. The molecule has 0 aromatic rings. The standard InChI is InChI=1S/C19H30N4O4/c1-2-21-10-7-19(8-11-21)17(25)23(18(26)20-19)14-5-3-9-22(13-14)16(24)15-6-4-12-27-15/h14-15H,2-13H2,1H3,(H,20,26)/t14-,15+/m0/s1. The quantitative estimate of drug-likeness (QED) is 0.726. The van der Waals surface area contributed by atoms with Gasteiger partial charge in [0.25, 0.3) is 11.8 Å². The summed E-state index contributed by atoms with van der Waals surface area (Å²) in [6.45, 7) is 6.46. The minimum atomic E-state index is -0.746. The van der Waals surface area contributed by atoms with Crippen LogP contribution in [0.3, 0.4) is 0 Å². The molecular weight excluding hydrogens is 348 g/mol. The van der Waals surface area contributed by atoms with Crippen molar-refractivity contribution in [2.24, 2.45) is 0 Å². The predicted molar refractivity (Wildman–Crippen MR) is 98.0 cm³/mol. The molecule has 1 spiro atoms. The Morgan fingerprint density at radius 1 is 1.19 bits per heavy atom. The largest absolute Gasteiger partial charge is 0.368 e. The van der Waals surface area contributed by atoms with Crippen molar-refractivity contribution in [1.82, 2.24) is 20.0 Å². The lowest BCUT2D eigenvalue weighted by molar-refractivity contribution is -0.145. The van der Waals surface area contributed by atoms with E-state index in [9.17, 15) is 14.4 Å². The number of nitrogens with one attached hydrogen (secondary N) is 1. The summed E-state index contributed by atoms with van der Waals surface area (Å²) < 4.78 is 5.53. The monoisotopic (exact) mass is 378 g/mol. The number of piperidine rings is 2. The second-order valence-corrected chi connectivity index (χ2v) is 8.20. The number of hydrogen-bond donors (Lipinski definition) is 1. The maximum absolute atomic E-state index is 13.2. The molecule has 4 aliphatic heterocycles. The van der Waals surface area contributed by atoms with Gasteiger partial charge in [-0.25, -0.2) is 4.79 Å². The van der Waals surface area contributed by atoms with Crippen LogP contribution in [0.15, 0.2) is 0 Å². The van der Waals surface area contributed by atoms with Crippen LogP contribution in [0.1, 0.15) is 45.4 Å². The lowest BCUT2D eigenvalue weighted by Gasteiger charge is -2.39. The van der Waals surface area contributed by atoms with Gasteiger partial charge in [0.2, 0.25) is 0 Å². The van der Waals surface area contributed by atoms with E-state index in [0.29, 0.717) is 32.5 Å². The van der Waals surface area contributed by atoms with Gasteiger partial charge in [0, 0.05) is 32.8 Å². The molecule has 0 unspecified atom stereocenters. The maximum atomic E-state index is 13.2. The fourth-order valence-electron chi connectivity index (χ4n) is 4.90. The van der Waals surface area contributed by atoms with Crippen molar-refractivity contribution in [2.45, 2.75) is 63.1 Å². The molecular formula is C19H30N4O4. The molecule has 0 radical (unpaired) electrons. The molecule has 27 heavy (non-hydrogen) atoms. The van der Waals surface area contributed by atoms with E-state index in [1.807, 2.05) is 0 Å². The van der Waals surface area contributed by atoms with Gasteiger partial charge in [-0.3, -0.25) is 14.5 Å². The van der Waals surface area contributed by atoms with Crippen LogP contribution >= 0.6 is 0 Å². The molecule has 4 rings (SSSR count). The van der Waals surface area contributed by atoms with Gasteiger partial charge in [-0.05, 0) is 45.1 Å². The second-order valence-electron chi connectivity index (χ2n) is 8.20. The Labute approximate surface area is 160 Å². The number of ether oxygens (including phenoxy) is 1. The molecule has 2 atom stereocenters. The molecule has 0 aliphatic carbocycles. The van der Waals surface area contributed by atoms with Gasteiger partial charge in [-0.15, -0.1) is 0 Å². The Morgan fingerprint density at radius 2 is 1.96 bits per heavy atom. The average Bonchev–Trinajstić information content (AvgIpc) is 3.30. The molecule has 0 aromatic heterocycles. The molecule has 4 aliphatic rings. The van der Waals surface area contributed by atoms with Crippen LogP contribution in [-0.2, 0) is 14.3 Å². The zero-order valence-electron chi connectivity index (χ0n) is 16.1. The topological polar surface area (TPSA) is 82.2 Å². The Balaban J connectivity index is 1.44. The summed E-state index contributed by atoms with van der Waals surface area (Å²) in [5, 5.41) is 2.99. The van der Waals surface area contributed by atoms with Crippen molar-refractivity contribution in [3.05, 3.63) is 0 Å². The summed E-state index contributed by atoms with van der Waals surface area (Å²) in [6.07, 6.45) is 4.21. The van der Waals surface area contributed by atoms with Gasteiger partial charge >= 0.3 is 6.03 Å². The Kier molecular flexibility index (Phi) is 5.11. The highest BCUT2D eigenvalue weighted by Crippen LogP contribution is 2.32. The summed E-state index contributed by atoms with van der Waals surface area (Å²) in [7, 11) is 0. The third kappa shape index (κ3) is 3.33. The SMILES string of the molecule is CCN1CCC2(CC1)NC(=O)N([C@H]1CCCN(C(=O)[C@H]3CCCO3)C1)C2=O. The van der Waals surface area contributed by atoms with E-state index in [-0.39, 0.29) is 30.0 Å². The molecule has 0 saturated carbocycles. The molecule has 4 fully saturated rings. The number of carbonyl (C=O) groups is 3. The van der Waals surface area contributed by atoms with Crippen molar-refractivity contribution in [3.63, 3.8) is 0 Å². The van der Waals surface area contributed by atoms with Crippen LogP contribution in [-0.4, -0.2) is 89.6 Å². The van der Waals surface area contributed by atoms with E-state index >= 15 is 0 Å². The van der Waals surface area contributed by atoms with Crippen molar-refractivity contribution < 1.29 is 19.1 Å². The Hall–Kier alpha value is -1.67. The number of hydrogen-bond acceptors (Lipinski definition) is 5. The lowest BCUT2D eigenvalue weighted by atomic mass is 9.87. The number of urea groups is 1. The van der Waals surface area contributed by atoms with Gasteiger partial charge in [-0.1, -0.05) is 6.92 Å². The van der Waals surface area contributed by atoms with Crippen molar-refractivity contribution in [1.29, 1.82) is 0 Å². The van der Waals surface area contributed by atoms with Gasteiger partial charge in [0.05, 0.1) is 6.04 Å². The zero-order chi connectivity index (χ0) is 19.0. The molecule has 1 N–H and O–H groups in total. The van der Waals surface area contributed by atoms with Crippen molar-refractivity contribution in [3.8, 4) is 0 Å². The van der Waals surface area contributed by atoms with E-state index < -0.39 is 5.54 Å². The van der Waals surface area contributed by atoms with Gasteiger partial charge in [-0.2, -0.15) is 0 Å². The maximum Gasteiger partial charge on any atom is 0.325 e. The highest BCUT2D eigenvalue weighted by atomic mass is 16.5. The fourth-order valence-corrected chi connectivity index (χ4v) is 4.90. The van der Waals surface area contributed by atoms with Crippen LogP contribution < -0.4 is 5.32 Å². The van der Waals surface area contributed by atoms with Crippen LogP contribution in [0.2, 0.25) is 0 Å². The van der Waals surface area contributed by atoms with E-state index in [1.54, 1.807) is 4.90 Å². The second kappa shape index (κ2) is 7.39. The first kappa shape index (κ1) is 18.7. The summed E-state index contributed by atoms with van der Waals surface area (Å²) >= 11 is 0. The van der Waals surface area contributed by atoms with Crippen molar-refractivity contribution >= 4 is 17.8 Å². The van der Waals surface area contributed by atoms with E-state index in [0.717, 1.165) is 45.3 Å².